The van der Waals surface area contributed by atoms with Crippen molar-refractivity contribution in [3.8, 4) is 11.5 Å². The highest BCUT2D eigenvalue weighted by molar-refractivity contribution is 7.89. The summed E-state index contributed by atoms with van der Waals surface area (Å²) in [5.74, 6) is -1.37. The highest BCUT2D eigenvalue weighted by Crippen LogP contribution is 2.33. The first-order chi connectivity index (χ1) is 9.00. The number of nitrogens with two attached hydrogens (primary N) is 1. The fraction of sp³-hybridized carbons (Fsp3) is 0. The lowest BCUT2D eigenvalue weighted by Crippen LogP contribution is -2.12. The smallest absolute Gasteiger partial charge is 0.298 e. The van der Waals surface area contributed by atoms with E-state index in [0.29, 0.717) is 0 Å². The van der Waals surface area contributed by atoms with Gasteiger partial charge in [0.25, 0.3) is 10.1 Å². The van der Waals surface area contributed by atoms with E-state index in [4.69, 9.17) is 9.69 Å². The lowest BCUT2D eigenvalue weighted by molar-refractivity contribution is 0.444. The topological polar surface area (TPSA) is 155 Å². The van der Waals surface area contributed by atoms with Crippen LogP contribution in [0, 0.1) is 0 Å². The van der Waals surface area contributed by atoms with Crippen molar-refractivity contribution in [2.24, 2.45) is 5.14 Å². The summed E-state index contributed by atoms with van der Waals surface area (Å²) in [6, 6.07) is 3.77. The molecule has 10 heteroatoms. The molecule has 5 N–H and O–H groups in total. The molecule has 0 radical (unpaired) electrons. The van der Waals surface area contributed by atoms with Crippen LogP contribution in [0.25, 0.3) is 10.8 Å². The second-order valence-electron chi connectivity index (χ2n) is 4.01. The molecule has 0 saturated heterocycles. The molecule has 0 spiro atoms. The van der Waals surface area contributed by atoms with Crippen molar-refractivity contribution < 1.29 is 31.6 Å². The van der Waals surface area contributed by atoms with E-state index in [0.717, 1.165) is 24.3 Å². The van der Waals surface area contributed by atoms with Crippen LogP contribution in [0.1, 0.15) is 0 Å². The number of fused-ring (bicyclic) bond motifs is 1. The second kappa shape index (κ2) is 4.31. The zero-order chi connectivity index (χ0) is 15.3. The predicted molar refractivity (Wildman–Crippen MR) is 68.5 cm³/mol. The molecular weight excluding hydrogens is 310 g/mol. The van der Waals surface area contributed by atoms with Gasteiger partial charge in [0.15, 0.2) is 0 Å². The Morgan fingerprint density at radius 3 is 1.65 bits per heavy atom. The summed E-state index contributed by atoms with van der Waals surface area (Å²) in [7, 11) is -8.88. The molecule has 20 heavy (non-hydrogen) atoms. The Bertz CT molecular complexity index is 844. The second-order valence-corrected chi connectivity index (χ2v) is 6.93. The van der Waals surface area contributed by atoms with Gasteiger partial charge in [0.1, 0.15) is 21.3 Å². The molecule has 0 aromatic heterocycles. The number of aromatic hydroxyl groups is 2. The van der Waals surface area contributed by atoms with Crippen LogP contribution in [-0.4, -0.2) is 31.6 Å². The Kier molecular flexibility index (Phi) is 3.13. The highest BCUT2D eigenvalue weighted by Gasteiger charge is 2.19. The largest absolute Gasteiger partial charge is 0.507 e. The standard InChI is InChI=1S/C10H9NO7S2/c11-19(14,15)9-3-6-4-10(20(16,17)18)8(13)2-5(6)1-7(9)12/h1-4,12-13H,(H2,11,14,15)(H,16,17,18). The van der Waals surface area contributed by atoms with Gasteiger partial charge < -0.3 is 10.2 Å². The molecule has 0 heterocycles. The Balaban J connectivity index is 2.91. The fourth-order valence-electron chi connectivity index (χ4n) is 1.72. The number of sulfonamides is 1. The van der Waals surface area contributed by atoms with Crippen molar-refractivity contribution in [2.45, 2.75) is 9.79 Å². The molecular formula is C10H9NO7S2. The van der Waals surface area contributed by atoms with Gasteiger partial charge in [0, 0.05) is 0 Å². The van der Waals surface area contributed by atoms with Crippen molar-refractivity contribution in [1.29, 1.82) is 0 Å². The number of benzene rings is 2. The number of phenols is 2. The van der Waals surface area contributed by atoms with Gasteiger partial charge in [0.05, 0.1) is 0 Å². The highest BCUT2D eigenvalue weighted by atomic mass is 32.2. The average Bonchev–Trinajstić information content (AvgIpc) is 2.24. The lowest BCUT2D eigenvalue weighted by Gasteiger charge is -2.07. The summed E-state index contributed by atoms with van der Waals surface area (Å²) in [5.41, 5.74) is 0. The van der Waals surface area contributed by atoms with Gasteiger partial charge in [-0.15, -0.1) is 0 Å². The minimum Gasteiger partial charge on any atom is -0.507 e. The lowest BCUT2D eigenvalue weighted by atomic mass is 10.1. The van der Waals surface area contributed by atoms with Crippen LogP contribution in [0.3, 0.4) is 0 Å². The molecule has 0 aliphatic carbocycles. The Labute approximate surface area is 113 Å². The van der Waals surface area contributed by atoms with E-state index in [1.54, 1.807) is 0 Å². The van der Waals surface area contributed by atoms with Gasteiger partial charge in [-0.1, -0.05) is 0 Å². The normalized spacial score (nSPS) is 12.7. The fourth-order valence-corrected chi connectivity index (χ4v) is 2.96. The van der Waals surface area contributed by atoms with Crippen LogP contribution in [-0.2, 0) is 20.1 Å². The summed E-state index contributed by atoms with van der Waals surface area (Å²) in [6.07, 6.45) is 0. The van der Waals surface area contributed by atoms with Crippen LogP contribution in [0.2, 0.25) is 0 Å². The SMILES string of the molecule is NS(=O)(=O)c1cc2cc(S(=O)(=O)O)c(O)cc2cc1O. The van der Waals surface area contributed by atoms with E-state index < -0.39 is 41.4 Å². The summed E-state index contributed by atoms with van der Waals surface area (Å²) in [6.45, 7) is 0. The van der Waals surface area contributed by atoms with Crippen LogP contribution in [0.5, 0.6) is 11.5 Å². The van der Waals surface area contributed by atoms with Crippen LogP contribution in [0.4, 0.5) is 0 Å². The molecule has 0 aliphatic rings. The number of primary sulfonamides is 1. The molecule has 0 fully saturated rings. The Morgan fingerprint density at radius 1 is 0.800 bits per heavy atom. The van der Waals surface area contributed by atoms with Crippen LogP contribution in [0.15, 0.2) is 34.1 Å². The van der Waals surface area contributed by atoms with E-state index in [9.17, 15) is 27.0 Å². The van der Waals surface area contributed by atoms with E-state index in [1.165, 1.54) is 0 Å². The zero-order valence-electron chi connectivity index (χ0n) is 9.68. The summed E-state index contributed by atoms with van der Waals surface area (Å²) in [4.78, 5) is -1.38. The van der Waals surface area contributed by atoms with Crippen molar-refractivity contribution in [3.05, 3.63) is 24.3 Å². The predicted octanol–water partition coefficient (Wildman–Crippen LogP) is 0.145. The maximum atomic E-state index is 11.2. The zero-order valence-corrected chi connectivity index (χ0v) is 11.3. The van der Waals surface area contributed by atoms with Crippen molar-refractivity contribution >= 4 is 30.9 Å². The average molecular weight is 319 g/mol. The third-order valence-corrected chi connectivity index (χ3v) is 4.40. The van der Waals surface area contributed by atoms with Gasteiger partial charge in [-0.3, -0.25) is 4.55 Å². The van der Waals surface area contributed by atoms with Gasteiger partial charge in [-0.2, -0.15) is 8.42 Å². The Morgan fingerprint density at radius 2 is 1.20 bits per heavy atom. The monoisotopic (exact) mass is 319 g/mol. The van der Waals surface area contributed by atoms with E-state index in [2.05, 4.69) is 0 Å². The van der Waals surface area contributed by atoms with Crippen molar-refractivity contribution in [1.82, 2.24) is 0 Å². The first-order valence-electron chi connectivity index (χ1n) is 5.00. The molecule has 0 saturated carbocycles. The van der Waals surface area contributed by atoms with E-state index in [1.807, 2.05) is 0 Å². The number of hydrogen-bond acceptors (Lipinski definition) is 6. The molecule has 0 amide bonds. The minimum atomic E-state index is -4.68. The molecule has 108 valence electrons. The maximum Gasteiger partial charge on any atom is 0.298 e. The third-order valence-electron chi connectivity index (χ3n) is 2.58. The van der Waals surface area contributed by atoms with Crippen LogP contribution < -0.4 is 5.14 Å². The molecule has 0 bridgehead atoms. The van der Waals surface area contributed by atoms with Gasteiger partial charge >= 0.3 is 0 Å². The number of hydrogen-bond donors (Lipinski definition) is 4. The van der Waals surface area contributed by atoms with E-state index >= 15 is 0 Å². The number of phenolic OH excluding ortho intramolecular Hbond substituents is 2. The molecule has 2 aromatic carbocycles. The van der Waals surface area contributed by atoms with E-state index in [-0.39, 0.29) is 10.8 Å². The van der Waals surface area contributed by atoms with Gasteiger partial charge in [0.2, 0.25) is 10.0 Å². The first-order valence-corrected chi connectivity index (χ1v) is 7.99. The molecule has 0 aliphatic heterocycles. The molecule has 0 atom stereocenters. The molecule has 8 nitrogen and oxygen atoms in total. The van der Waals surface area contributed by atoms with Gasteiger partial charge in [-0.05, 0) is 35.0 Å². The van der Waals surface area contributed by atoms with Crippen molar-refractivity contribution in [2.75, 3.05) is 0 Å². The third kappa shape index (κ3) is 2.54. The Hall–Kier alpha value is -1.88. The molecule has 0 unspecified atom stereocenters. The van der Waals surface area contributed by atoms with Gasteiger partial charge in [-0.25, -0.2) is 13.6 Å². The first kappa shape index (κ1) is 14.5. The summed E-state index contributed by atoms with van der Waals surface area (Å²) in [5, 5.41) is 24.2. The number of rotatable bonds is 2. The molecule has 2 rings (SSSR count). The summed E-state index contributed by atoms with van der Waals surface area (Å²) < 4.78 is 53.5. The van der Waals surface area contributed by atoms with Crippen molar-refractivity contribution in [3.63, 3.8) is 0 Å². The summed E-state index contributed by atoms with van der Waals surface area (Å²) >= 11 is 0. The minimum absolute atomic E-state index is 0.0530. The quantitative estimate of drug-likeness (QED) is 0.574. The maximum absolute atomic E-state index is 11.2. The molecule has 2 aromatic rings. The van der Waals surface area contributed by atoms with Crippen LogP contribution >= 0.6 is 0 Å².